The summed E-state index contributed by atoms with van der Waals surface area (Å²) in [7, 11) is 1.96. The molecule has 0 bridgehead atoms. The van der Waals surface area contributed by atoms with Crippen LogP contribution in [0.15, 0.2) is 57.4 Å². The molecule has 0 fully saturated rings. The Kier molecular flexibility index (Phi) is 3.64. The van der Waals surface area contributed by atoms with Gasteiger partial charge in [-0.2, -0.15) is 0 Å². The summed E-state index contributed by atoms with van der Waals surface area (Å²) in [6.07, 6.45) is 0. The predicted molar refractivity (Wildman–Crippen MR) is 86.0 cm³/mol. The van der Waals surface area contributed by atoms with Gasteiger partial charge in [0.1, 0.15) is 11.3 Å². The second kappa shape index (κ2) is 5.43. The summed E-state index contributed by atoms with van der Waals surface area (Å²) in [6, 6.07) is 16.6. The molecule has 2 aromatic carbocycles. The van der Waals surface area contributed by atoms with E-state index in [1.165, 1.54) is 11.1 Å². The van der Waals surface area contributed by atoms with Crippen molar-refractivity contribution < 1.29 is 4.42 Å². The van der Waals surface area contributed by atoms with Crippen LogP contribution in [0.4, 0.5) is 0 Å². The summed E-state index contributed by atoms with van der Waals surface area (Å²) in [5, 5.41) is 4.48. The van der Waals surface area contributed by atoms with Crippen molar-refractivity contribution in [3.63, 3.8) is 0 Å². The average Bonchev–Trinajstić information content (AvgIpc) is 2.85. The molecule has 3 rings (SSSR count). The lowest BCUT2D eigenvalue weighted by atomic mass is 9.99. The average molecular weight is 330 g/mol. The van der Waals surface area contributed by atoms with Crippen molar-refractivity contribution in [2.45, 2.75) is 13.0 Å². The van der Waals surface area contributed by atoms with Crippen molar-refractivity contribution >= 4 is 26.9 Å². The van der Waals surface area contributed by atoms with Crippen LogP contribution >= 0.6 is 15.9 Å². The molecule has 1 atom stereocenters. The number of hydrogen-bond donors (Lipinski definition) is 1. The Bertz CT molecular complexity index is 715. The summed E-state index contributed by atoms with van der Waals surface area (Å²) in [5.41, 5.74) is 3.39. The highest BCUT2D eigenvalue weighted by Gasteiger charge is 2.18. The third-order valence-corrected chi connectivity index (χ3v) is 4.05. The van der Waals surface area contributed by atoms with E-state index in [2.05, 4.69) is 58.5 Å². The highest BCUT2D eigenvalue weighted by Crippen LogP contribution is 2.30. The van der Waals surface area contributed by atoms with Gasteiger partial charge in [-0.25, -0.2) is 0 Å². The lowest BCUT2D eigenvalue weighted by Gasteiger charge is -2.16. The van der Waals surface area contributed by atoms with Gasteiger partial charge in [-0.1, -0.05) is 40.2 Å². The minimum atomic E-state index is 0.0653. The van der Waals surface area contributed by atoms with E-state index in [0.717, 1.165) is 21.2 Å². The second-order valence-corrected chi connectivity index (χ2v) is 5.82. The number of fused-ring (bicyclic) bond motifs is 1. The number of furan rings is 1. The first-order valence-corrected chi connectivity index (χ1v) is 7.40. The van der Waals surface area contributed by atoms with E-state index >= 15 is 0 Å². The molecule has 0 aliphatic rings. The molecule has 0 saturated carbocycles. The van der Waals surface area contributed by atoms with E-state index in [1.54, 1.807) is 0 Å². The van der Waals surface area contributed by atoms with E-state index in [9.17, 15) is 0 Å². The lowest BCUT2D eigenvalue weighted by Crippen LogP contribution is -2.18. The summed E-state index contributed by atoms with van der Waals surface area (Å²) in [6.45, 7) is 2.12. The smallest absolute Gasteiger partial charge is 0.134 e. The van der Waals surface area contributed by atoms with Crippen LogP contribution in [0.1, 0.15) is 22.9 Å². The maximum atomic E-state index is 5.99. The number of benzene rings is 2. The number of halogens is 1. The summed E-state index contributed by atoms with van der Waals surface area (Å²) in [4.78, 5) is 0. The Morgan fingerprint density at radius 1 is 1.10 bits per heavy atom. The molecular formula is C17H16BrNO. The first-order chi connectivity index (χ1) is 9.69. The number of aryl methyl sites for hydroxylation is 1. The second-order valence-electron chi connectivity index (χ2n) is 4.91. The van der Waals surface area contributed by atoms with Crippen LogP contribution in [0.2, 0.25) is 0 Å². The van der Waals surface area contributed by atoms with Crippen molar-refractivity contribution in [3.8, 4) is 0 Å². The van der Waals surface area contributed by atoms with Crippen LogP contribution in [-0.4, -0.2) is 7.05 Å². The Labute approximate surface area is 126 Å². The van der Waals surface area contributed by atoms with Gasteiger partial charge >= 0.3 is 0 Å². The highest BCUT2D eigenvalue weighted by molar-refractivity contribution is 9.10. The molecule has 2 nitrogen and oxygen atoms in total. The Balaban J connectivity index is 2.08. The molecule has 1 unspecified atom stereocenters. The van der Waals surface area contributed by atoms with Crippen molar-refractivity contribution in [2.24, 2.45) is 0 Å². The van der Waals surface area contributed by atoms with Gasteiger partial charge in [-0.15, -0.1) is 0 Å². The molecule has 0 aliphatic heterocycles. The Morgan fingerprint density at radius 3 is 2.60 bits per heavy atom. The van der Waals surface area contributed by atoms with Crippen LogP contribution in [0, 0.1) is 6.92 Å². The molecule has 0 radical (unpaired) electrons. The third kappa shape index (κ3) is 2.39. The summed E-state index contributed by atoms with van der Waals surface area (Å²) >= 11 is 3.51. The van der Waals surface area contributed by atoms with Crippen molar-refractivity contribution in [1.82, 2.24) is 5.32 Å². The molecule has 20 heavy (non-hydrogen) atoms. The van der Waals surface area contributed by atoms with Crippen LogP contribution in [0.3, 0.4) is 0 Å². The van der Waals surface area contributed by atoms with Crippen molar-refractivity contribution in [1.29, 1.82) is 0 Å². The van der Waals surface area contributed by atoms with Gasteiger partial charge in [0, 0.05) is 9.86 Å². The fourth-order valence-electron chi connectivity index (χ4n) is 2.56. The fraction of sp³-hybridized carbons (Fsp3) is 0.176. The van der Waals surface area contributed by atoms with Crippen LogP contribution in [0.5, 0.6) is 0 Å². The van der Waals surface area contributed by atoms with E-state index in [4.69, 9.17) is 4.42 Å². The van der Waals surface area contributed by atoms with Gasteiger partial charge in [0.15, 0.2) is 0 Å². The topological polar surface area (TPSA) is 25.2 Å². The highest BCUT2D eigenvalue weighted by atomic mass is 79.9. The van der Waals surface area contributed by atoms with Gasteiger partial charge in [-0.05, 0) is 49.4 Å². The monoisotopic (exact) mass is 329 g/mol. The van der Waals surface area contributed by atoms with Gasteiger partial charge < -0.3 is 9.73 Å². The van der Waals surface area contributed by atoms with E-state index in [1.807, 2.05) is 25.2 Å². The lowest BCUT2D eigenvalue weighted by molar-refractivity contribution is 0.490. The molecule has 0 saturated heterocycles. The number of nitrogens with one attached hydrogen (secondary N) is 1. The molecule has 0 spiro atoms. The normalized spacial score (nSPS) is 12.8. The minimum absolute atomic E-state index is 0.0653. The van der Waals surface area contributed by atoms with Crippen molar-refractivity contribution in [3.05, 3.63) is 69.9 Å². The van der Waals surface area contributed by atoms with E-state index < -0.39 is 0 Å². The predicted octanol–water partition coefficient (Wildman–Crippen LogP) is 4.81. The van der Waals surface area contributed by atoms with Gasteiger partial charge in [0.25, 0.3) is 0 Å². The van der Waals surface area contributed by atoms with E-state index in [0.29, 0.717) is 0 Å². The molecular weight excluding hydrogens is 314 g/mol. The van der Waals surface area contributed by atoms with Crippen molar-refractivity contribution in [2.75, 3.05) is 7.05 Å². The van der Waals surface area contributed by atoms with Gasteiger partial charge in [0.05, 0.1) is 6.04 Å². The van der Waals surface area contributed by atoms with Gasteiger partial charge in [0.2, 0.25) is 0 Å². The first-order valence-electron chi connectivity index (χ1n) is 6.61. The number of rotatable bonds is 3. The standard InChI is InChI=1S/C17H16BrNO/c1-11-9-13(18)7-8-14(11)17(19-2)16-10-12-5-3-4-6-15(12)20-16/h3-10,17,19H,1-2H3. The minimum Gasteiger partial charge on any atom is -0.459 e. The largest absolute Gasteiger partial charge is 0.459 e. The maximum Gasteiger partial charge on any atom is 0.134 e. The molecule has 0 aliphatic carbocycles. The summed E-state index contributed by atoms with van der Waals surface area (Å²) < 4.78 is 7.08. The molecule has 1 heterocycles. The maximum absolute atomic E-state index is 5.99. The molecule has 1 aromatic heterocycles. The van der Waals surface area contributed by atoms with Gasteiger partial charge in [-0.3, -0.25) is 0 Å². The number of para-hydroxylation sites is 1. The zero-order valence-electron chi connectivity index (χ0n) is 11.5. The summed E-state index contributed by atoms with van der Waals surface area (Å²) in [5.74, 6) is 0.944. The third-order valence-electron chi connectivity index (χ3n) is 3.56. The SMILES string of the molecule is CNC(c1cc2ccccc2o1)c1ccc(Br)cc1C. The molecule has 0 amide bonds. The Hall–Kier alpha value is -1.58. The molecule has 3 heteroatoms. The number of hydrogen-bond acceptors (Lipinski definition) is 2. The molecule has 1 N–H and O–H groups in total. The van der Waals surface area contributed by atoms with Crippen LogP contribution in [0.25, 0.3) is 11.0 Å². The zero-order valence-corrected chi connectivity index (χ0v) is 13.1. The Morgan fingerprint density at radius 2 is 1.90 bits per heavy atom. The fourth-order valence-corrected chi connectivity index (χ4v) is 3.03. The van der Waals surface area contributed by atoms with Crippen LogP contribution < -0.4 is 5.32 Å². The molecule has 3 aromatic rings. The quantitative estimate of drug-likeness (QED) is 0.745. The van der Waals surface area contributed by atoms with Crippen LogP contribution in [-0.2, 0) is 0 Å². The molecule has 102 valence electrons. The zero-order chi connectivity index (χ0) is 14.1. The first kappa shape index (κ1) is 13.4. The van der Waals surface area contributed by atoms with E-state index in [-0.39, 0.29) is 6.04 Å².